The molecule has 15 heavy (non-hydrogen) atoms. The van der Waals surface area contributed by atoms with Gasteiger partial charge < -0.3 is 5.73 Å². The maximum Gasteiger partial charge on any atom is 0.501 e. The van der Waals surface area contributed by atoms with Gasteiger partial charge in [-0.2, -0.15) is 13.2 Å². The zero-order valence-electron chi connectivity index (χ0n) is 7.67. The minimum absolute atomic E-state index is 0.0159. The summed E-state index contributed by atoms with van der Waals surface area (Å²) in [5, 5.41) is 0. The summed E-state index contributed by atoms with van der Waals surface area (Å²) >= 11 is 0. The molecule has 3 nitrogen and oxygen atoms in total. The van der Waals surface area contributed by atoms with Gasteiger partial charge in [-0.15, -0.1) is 0 Å². The number of aryl methyl sites for hydroxylation is 1. The van der Waals surface area contributed by atoms with E-state index in [0.717, 1.165) is 12.1 Å². The van der Waals surface area contributed by atoms with Crippen LogP contribution in [-0.4, -0.2) is 13.9 Å². The lowest BCUT2D eigenvalue weighted by molar-refractivity contribution is -0.0435. The number of alkyl halides is 3. The summed E-state index contributed by atoms with van der Waals surface area (Å²) < 4.78 is 58.4. The molecule has 84 valence electrons. The molecular weight excluding hydrogens is 231 g/mol. The van der Waals surface area contributed by atoms with Crippen molar-refractivity contribution in [3.8, 4) is 0 Å². The third-order valence-corrected chi connectivity index (χ3v) is 3.15. The van der Waals surface area contributed by atoms with Crippen molar-refractivity contribution in [2.45, 2.75) is 17.3 Å². The third-order valence-electron chi connectivity index (χ3n) is 1.69. The molecule has 0 amide bonds. The standard InChI is InChI=1S/C8H8F3NO2S/c1-5-2-6(12)4-7(3-5)15(13,14)8(9,10)11/h2-4H,12H2,1H3. The fourth-order valence-electron chi connectivity index (χ4n) is 1.07. The Bertz CT molecular complexity index is 459. The van der Waals surface area contributed by atoms with Gasteiger partial charge in [-0.3, -0.25) is 0 Å². The summed E-state index contributed by atoms with van der Waals surface area (Å²) in [4.78, 5) is -0.826. The molecule has 0 saturated heterocycles. The number of hydrogen-bond acceptors (Lipinski definition) is 3. The van der Waals surface area contributed by atoms with E-state index in [1.165, 1.54) is 13.0 Å². The van der Waals surface area contributed by atoms with Crippen molar-refractivity contribution in [3.63, 3.8) is 0 Å². The maximum absolute atomic E-state index is 12.2. The SMILES string of the molecule is Cc1cc(N)cc(S(=O)(=O)C(F)(F)F)c1. The average molecular weight is 239 g/mol. The number of nitrogen functional groups attached to an aromatic ring is 1. The Morgan fingerprint density at radius 3 is 2.13 bits per heavy atom. The molecule has 0 fully saturated rings. The van der Waals surface area contributed by atoms with Crippen molar-refractivity contribution in [3.05, 3.63) is 23.8 Å². The number of hydrogen-bond donors (Lipinski definition) is 1. The van der Waals surface area contributed by atoms with E-state index >= 15 is 0 Å². The lowest BCUT2D eigenvalue weighted by atomic mass is 10.2. The molecular formula is C8H8F3NO2S. The summed E-state index contributed by atoms with van der Waals surface area (Å²) in [6.45, 7) is 1.46. The van der Waals surface area contributed by atoms with E-state index in [1.807, 2.05) is 0 Å². The lowest BCUT2D eigenvalue weighted by Gasteiger charge is -2.09. The molecule has 0 unspecified atom stereocenters. The number of benzene rings is 1. The van der Waals surface area contributed by atoms with Crippen molar-refractivity contribution in [1.29, 1.82) is 0 Å². The Balaban J connectivity index is 3.41. The molecule has 1 aromatic rings. The smallest absolute Gasteiger partial charge is 0.399 e. The Morgan fingerprint density at radius 1 is 1.20 bits per heavy atom. The molecule has 0 aliphatic rings. The summed E-state index contributed by atoms with van der Waals surface area (Å²) in [7, 11) is -5.30. The molecule has 0 aliphatic heterocycles. The molecule has 0 heterocycles. The largest absolute Gasteiger partial charge is 0.501 e. The van der Waals surface area contributed by atoms with Crippen LogP contribution in [0.1, 0.15) is 5.56 Å². The van der Waals surface area contributed by atoms with Crippen LogP contribution in [0.2, 0.25) is 0 Å². The minimum Gasteiger partial charge on any atom is -0.399 e. The Kier molecular flexibility index (Phi) is 2.69. The van der Waals surface area contributed by atoms with Gasteiger partial charge in [0.2, 0.25) is 0 Å². The predicted octanol–water partition coefficient (Wildman–Crippen LogP) is 1.87. The van der Waals surface area contributed by atoms with Crippen LogP contribution in [0.3, 0.4) is 0 Å². The highest BCUT2D eigenvalue weighted by Gasteiger charge is 2.46. The van der Waals surface area contributed by atoms with Gasteiger partial charge in [-0.05, 0) is 30.7 Å². The Morgan fingerprint density at radius 2 is 1.73 bits per heavy atom. The molecule has 0 aromatic heterocycles. The molecule has 0 saturated carbocycles. The number of rotatable bonds is 1. The molecule has 2 N–H and O–H groups in total. The molecule has 0 atom stereocenters. The van der Waals surface area contributed by atoms with E-state index in [9.17, 15) is 21.6 Å². The number of sulfone groups is 1. The normalized spacial score (nSPS) is 12.8. The van der Waals surface area contributed by atoms with Crippen LogP contribution in [-0.2, 0) is 9.84 Å². The van der Waals surface area contributed by atoms with Crippen LogP contribution in [0.15, 0.2) is 23.1 Å². The molecule has 0 spiro atoms. The molecule has 7 heteroatoms. The topological polar surface area (TPSA) is 60.2 Å². The average Bonchev–Trinajstić information content (AvgIpc) is 1.99. The molecule has 0 radical (unpaired) electrons. The van der Waals surface area contributed by atoms with Crippen molar-refractivity contribution in [1.82, 2.24) is 0 Å². The highest BCUT2D eigenvalue weighted by molar-refractivity contribution is 7.92. The van der Waals surface area contributed by atoms with Gasteiger partial charge in [0.05, 0.1) is 4.90 Å². The highest BCUT2D eigenvalue weighted by atomic mass is 32.2. The number of anilines is 1. The zero-order valence-corrected chi connectivity index (χ0v) is 8.48. The first-order valence-electron chi connectivity index (χ1n) is 3.83. The first kappa shape index (κ1) is 11.8. The fourth-order valence-corrected chi connectivity index (χ4v) is 1.96. The van der Waals surface area contributed by atoms with Crippen LogP contribution >= 0.6 is 0 Å². The maximum atomic E-state index is 12.2. The van der Waals surface area contributed by atoms with Gasteiger partial charge >= 0.3 is 5.51 Å². The summed E-state index contributed by atoms with van der Waals surface area (Å²) in [5.41, 5.74) is 0.312. The molecule has 1 rings (SSSR count). The van der Waals surface area contributed by atoms with E-state index in [0.29, 0.717) is 5.56 Å². The monoisotopic (exact) mass is 239 g/mol. The number of halogens is 3. The second-order valence-corrected chi connectivity index (χ2v) is 4.97. The lowest BCUT2D eigenvalue weighted by Crippen LogP contribution is -2.23. The van der Waals surface area contributed by atoms with E-state index in [1.54, 1.807) is 0 Å². The van der Waals surface area contributed by atoms with Gasteiger partial charge in [0.1, 0.15) is 0 Å². The first-order chi connectivity index (χ1) is 6.64. The van der Waals surface area contributed by atoms with Crippen molar-refractivity contribution in [2.24, 2.45) is 0 Å². The number of nitrogens with two attached hydrogens (primary N) is 1. The first-order valence-corrected chi connectivity index (χ1v) is 5.31. The van der Waals surface area contributed by atoms with Crippen LogP contribution in [0.4, 0.5) is 18.9 Å². The summed E-state index contributed by atoms with van der Waals surface area (Å²) in [6.07, 6.45) is 0. The quantitative estimate of drug-likeness (QED) is 0.761. The minimum atomic E-state index is -5.30. The van der Waals surface area contributed by atoms with Gasteiger partial charge in [-0.1, -0.05) is 0 Å². The van der Waals surface area contributed by atoms with E-state index in [-0.39, 0.29) is 5.69 Å². The Hall–Kier alpha value is -1.24. The van der Waals surface area contributed by atoms with Crippen LogP contribution in [0.5, 0.6) is 0 Å². The summed E-state index contributed by atoms with van der Waals surface area (Å²) in [6, 6.07) is 3.10. The highest BCUT2D eigenvalue weighted by Crippen LogP contribution is 2.31. The van der Waals surface area contributed by atoms with E-state index < -0.39 is 20.2 Å². The fraction of sp³-hybridized carbons (Fsp3) is 0.250. The van der Waals surface area contributed by atoms with Gasteiger partial charge in [-0.25, -0.2) is 8.42 Å². The molecule has 1 aromatic carbocycles. The zero-order chi connectivity index (χ0) is 11.9. The van der Waals surface area contributed by atoms with Crippen molar-refractivity contribution in [2.75, 3.05) is 5.73 Å². The van der Waals surface area contributed by atoms with Crippen molar-refractivity contribution < 1.29 is 21.6 Å². The van der Waals surface area contributed by atoms with Gasteiger partial charge in [0.15, 0.2) is 0 Å². The third kappa shape index (κ3) is 2.23. The van der Waals surface area contributed by atoms with E-state index in [4.69, 9.17) is 5.73 Å². The van der Waals surface area contributed by atoms with Gasteiger partial charge in [0, 0.05) is 5.69 Å². The Labute approximate surface area is 84.6 Å². The summed E-state index contributed by atoms with van der Waals surface area (Å²) in [5.74, 6) is 0. The van der Waals surface area contributed by atoms with Crippen molar-refractivity contribution >= 4 is 15.5 Å². The van der Waals surface area contributed by atoms with Crippen LogP contribution in [0, 0.1) is 6.92 Å². The second kappa shape index (κ2) is 3.41. The van der Waals surface area contributed by atoms with Crippen LogP contribution < -0.4 is 5.73 Å². The molecule has 0 aliphatic carbocycles. The van der Waals surface area contributed by atoms with Gasteiger partial charge in [0.25, 0.3) is 9.84 Å². The van der Waals surface area contributed by atoms with Crippen LogP contribution in [0.25, 0.3) is 0 Å². The second-order valence-electron chi connectivity index (χ2n) is 3.03. The van der Waals surface area contributed by atoms with E-state index in [2.05, 4.69) is 0 Å². The molecule has 0 bridgehead atoms. The predicted molar refractivity (Wildman–Crippen MR) is 48.8 cm³/mol.